The Labute approximate surface area is 186 Å². The Morgan fingerprint density at radius 3 is 2.55 bits per heavy atom. The maximum Gasteiger partial charge on any atom is 0.227 e. The molecule has 3 rings (SSSR count). The molecule has 1 unspecified atom stereocenters. The summed E-state index contributed by atoms with van der Waals surface area (Å²) in [5.74, 6) is 0.0681. The minimum Gasteiger partial charge on any atom is -0.394 e. The smallest absolute Gasteiger partial charge is 0.227 e. The molecule has 6 nitrogen and oxygen atoms in total. The molecule has 1 aliphatic carbocycles. The van der Waals surface area contributed by atoms with Crippen molar-refractivity contribution in [1.29, 1.82) is 0 Å². The molecule has 2 fully saturated rings. The van der Waals surface area contributed by atoms with E-state index >= 15 is 0 Å². The average molecular weight is 430 g/mol. The maximum atomic E-state index is 13.5. The van der Waals surface area contributed by atoms with Crippen LogP contribution in [0.3, 0.4) is 0 Å². The Kier molecular flexibility index (Phi) is 8.11. The molecule has 31 heavy (non-hydrogen) atoms. The Balaban J connectivity index is 1.64. The van der Waals surface area contributed by atoms with E-state index in [9.17, 15) is 14.7 Å². The molecule has 0 bridgehead atoms. The molecule has 1 aromatic rings. The number of benzene rings is 1. The van der Waals surface area contributed by atoms with Crippen LogP contribution in [0.4, 0.5) is 0 Å². The number of hydrogen-bond donors (Lipinski definition) is 3. The summed E-state index contributed by atoms with van der Waals surface area (Å²) >= 11 is 0. The van der Waals surface area contributed by atoms with Crippen LogP contribution in [0.2, 0.25) is 0 Å². The summed E-state index contributed by atoms with van der Waals surface area (Å²) in [5.41, 5.74) is 3.70. The zero-order chi connectivity index (χ0) is 22.5. The number of carbonyl (C=O) groups excluding carboxylic acids is 2. The quantitative estimate of drug-likeness (QED) is 0.563. The van der Waals surface area contributed by atoms with Gasteiger partial charge < -0.3 is 20.6 Å². The van der Waals surface area contributed by atoms with Crippen molar-refractivity contribution in [2.75, 3.05) is 19.7 Å². The molecule has 172 valence electrons. The fourth-order valence-electron chi connectivity index (χ4n) is 4.57. The molecule has 1 aliphatic heterocycles. The fourth-order valence-corrected chi connectivity index (χ4v) is 4.57. The van der Waals surface area contributed by atoms with Gasteiger partial charge >= 0.3 is 0 Å². The fraction of sp³-hybridized carbons (Fsp3) is 0.680. The lowest BCUT2D eigenvalue weighted by molar-refractivity contribution is -0.139. The number of nitrogens with zero attached hydrogens (tertiary/aromatic N) is 1. The molecular formula is C25H39N3O3. The molecule has 1 heterocycles. The molecule has 0 aromatic heterocycles. The van der Waals surface area contributed by atoms with Crippen LogP contribution in [0.5, 0.6) is 0 Å². The first-order valence-corrected chi connectivity index (χ1v) is 11.8. The van der Waals surface area contributed by atoms with E-state index in [1.165, 1.54) is 16.7 Å². The van der Waals surface area contributed by atoms with E-state index < -0.39 is 0 Å². The molecule has 0 radical (unpaired) electrons. The van der Waals surface area contributed by atoms with Gasteiger partial charge in [0.15, 0.2) is 0 Å². The number of aliphatic hydroxyl groups is 1. The first-order chi connectivity index (χ1) is 14.8. The van der Waals surface area contributed by atoms with Crippen molar-refractivity contribution >= 4 is 11.8 Å². The monoisotopic (exact) mass is 429 g/mol. The molecule has 1 saturated carbocycles. The number of carbonyl (C=O) groups is 2. The molecule has 1 saturated heterocycles. The molecule has 6 heteroatoms. The molecule has 3 atom stereocenters. The highest BCUT2D eigenvalue weighted by Crippen LogP contribution is 2.32. The summed E-state index contributed by atoms with van der Waals surface area (Å²) in [6.45, 7) is 10.2. The van der Waals surface area contributed by atoms with Crippen molar-refractivity contribution in [3.63, 3.8) is 0 Å². The van der Waals surface area contributed by atoms with Gasteiger partial charge in [0, 0.05) is 25.7 Å². The Bertz CT molecular complexity index is 775. The summed E-state index contributed by atoms with van der Waals surface area (Å²) in [4.78, 5) is 28.4. The Morgan fingerprint density at radius 2 is 1.90 bits per heavy atom. The lowest BCUT2D eigenvalue weighted by atomic mass is 9.88. The van der Waals surface area contributed by atoms with Crippen LogP contribution in [0.25, 0.3) is 0 Å². The lowest BCUT2D eigenvalue weighted by Gasteiger charge is -2.34. The van der Waals surface area contributed by atoms with E-state index in [-0.39, 0.29) is 36.3 Å². The van der Waals surface area contributed by atoms with Crippen LogP contribution in [-0.2, 0) is 16.1 Å². The largest absolute Gasteiger partial charge is 0.394 e. The first-order valence-electron chi connectivity index (χ1n) is 11.8. The topological polar surface area (TPSA) is 81.7 Å². The van der Waals surface area contributed by atoms with Crippen LogP contribution in [0, 0.1) is 31.6 Å². The van der Waals surface area contributed by atoms with E-state index in [1.807, 2.05) is 4.90 Å². The Hall–Kier alpha value is -1.92. The van der Waals surface area contributed by atoms with E-state index in [2.05, 4.69) is 56.5 Å². The lowest BCUT2D eigenvalue weighted by Crippen LogP contribution is -2.51. The summed E-state index contributed by atoms with van der Waals surface area (Å²) < 4.78 is 0. The highest BCUT2D eigenvalue weighted by Gasteiger charge is 2.39. The molecular weight excluding hydrogens is 390 g/mol. The van der Waals surface area contributed by atoms with Crippen molar-refractivity contribution in [3.8, 4) is 0 Å². The van der Waals surface area contributed by atoms with E-state index in [0.717, 1.165) is 19.3 Å². The molecule has 3 N–H and O–H groups in total. The number of piperidine rings is 1. The van der Waals surface area contributed by atoms with Crippen molar-refractivity contribution in [1.82, 2.24) is 15.5 Å². The van der Waals surface area contributed by atoms with E-state index in [0.29, 0.717) is 38.0 Å². The summed E-state index contributed by atoms with van der Waals surface area (Å²) in [6.07, 6.45) is 3.44. The predicted octanol–water partition coefficient (Wildman–Crippen LogP) is 2.54. The second-order valence-electron chi connectivity index (χ2n) is 9.86. The van der Waals surface area contributed by atoms with Gasteiger partial charge in [0.05, 0.1) is 24.5 Å². The van der Waals surface area contributed by atoms with Crippen LogP contribution in [0.1, 0.15) is 56.2 Å². The van der Waals surface area contributed by atoms with Gasteiger partial charge in [-0.2, -0.15) is 0 Å². The number of aliphatic hydroxyl groups excluding tert-OH is 1. The van der Waals surface area contributed by atoms with Gasteiger partial charge in [0.1, 0.15) is 0 Å². The van der Waals surface area contributed by atoms with E-state index in [1.54, 1.807) is 0 Å². The van der Waals surface area contributed by atoms with Gasteiger partial charge in [-0.15, -0.1) is 0 Å². The summed E-state index contributed by atoms with van der Waals surface area (Å²) in [5, 5.41) is 15.9. The number of rotatable bonds is 9. The van der Waals surface area contributed by atoms with Crippen molar-refractivity contribution < 1.29 is 14.7 Å². The standard InChI is InChI=1S/C25H39N3O3/c1-16(2)10-22(15-29)27-24(30)20-11-21(13-26-12-20)25(31)28(23-8-9-23)14-19-7-5-6-17(3)18(19)4/h5-7,16,20-23,26,29H,8-15H2,1-4H3,(H,27,30)/t20-,21+,22?/m0/s1. The maximum absolute atomic E-state index is 13.5. The van der Waals surface area contributed by atoms with Gasteiger partial charge in [0.2, 0.25) is 11.8 Å². The number of amides is 2. The van der Waals surface area contributed by atoms with E-state index in [4.69, 9.17) is 0 Å². The van der Waals surface area contributed by atoms with Crippen molar-refractivity contribution in [2.24, 2.45) is 17.8 Å². The van der Waals surface area contributed by atoms with Crippen LogP contribution in [0.15, 0.2) is 18.2 Å². The number of hydrogen-bond acceptors (Lipinski definition) is 4. The van der Waals surface area contributed by atoms with Crippen LogP contribution in [-0.4, -0.2) is 53.6 Å². The van der Waals surface area contributed by atoms with Crippen molar-refractivity contribution in [3.05, 3.63) is 34.9 Å². The number of nitrogens with one attached hydrogen (secondary N) is 2. The predicted molar refractivity (Wildman–Crippen MR) is 122 cm³/mol. The van der Waals surface area contributed by atoms with Crippen LogP contribution < -0.4 is 10.6 Å². The van der Waals surface area contributed by atoms with Gasteiger partial charge in [-0.3, -0.25) is 9.59 Å². The Morgan fingerprint density at radius 1 is 1.19 bits per heavy atom. The second-order valence-corrected chi connectivity index (χ2v) is 9.86. The van der Waals surface area contributed by atoms with Crippen molar-refractivity contribution in [2.45, 2.75) is 72.0 Å². The third-order valence-electron chi connectivity index (χ3n) is 6.72. The zero-order valence-electron chi connectivity index (χ0n) is 19.5. The van der Waals surface area contributed by atoms with Gasteiger partial charge in [-0.1, -0.05) is 32.0 Å². The summed E-state index contributed by atoms with van der Waals surface area (Å²) in [6, 6.07) is 6.38. The SMILES string of the molecule is Cc1cccc(CN(C(=O)[C@H]2CNC[C@@H](C(=O)NC(CO)CC(C)C)C2)C2CC2)c1C. The minimum absolute atomic E-state index is 0.0578. The molecule has 2 amide bonds. The zero-order valence-corrected chi connectivity index (χ0v) is 19.5. The normalized spacial score (nSPS) is 22.3. The third kappa shape index (κ3) is 6.30. The molecule has 2 aliphatic rings. The van der Waals surface area contributed by atoms with Gasteiger partial charge in [-0.05, 0) is 62.1 Å². The summed E-state index contributed by atoms with van der Waals surface area (Å²) in [7, 11) is 0. The highest BCUT2D eigenvalue weighted by atomic mass is 16.3. The van der Waals surface area contributed by atoms with Gasteiger partial charge in [0.25, 0.3) is 0 Å². The second kappa shape index (κ2) is 10.6. The first kappa shape index (κ1) is 23.7. The van der Waals surface area contributed by atoms with Crippen LogP contribution >= 0.6 is 0 Å². The minimum atomic E-state index is -0.245. The highest BCUT2D eigenvalue weighted by molar-refractivity contribution is 5.83. The number of aryl methyl sites for hydroxylation is 1. The molecule has 0 spiro atoms. The van der Waals surface area contributed by atoms with Gasteiger partial charge in [-0.25, -0.2) is 0 Å². The molecule has 1 aromatic carbocycles. The average Bonchev–Trinajstić information content (AvgIpc) is 3.58. The third-order valence-corrected chi connectivity index (χ3v) is 6.72.